The number of amides is 1. The van der Waals surface area contributed by atoms with Crippen LogP contribution in [0.15, 0.2) is 57.5 Å². The van der Waals surface area contributed by atoms with E-state index in [-0.39, 0.29) is 0 Å². The van der Waals surface area contributed by atoms with E-state index >= 15 is 0 Å². The number of carboxylic acid groups (broad SMARTS) is 1. The first-order chi connectivity index (χ1) is 12.4. The van der Waals surface area contributed by atoms with Crippen LogP contribution in [-0.4, -0.2) is 16.4 Å². The number of benzene rings is 2. The zero-order chi connectivity index (χ0) is 18.8. The average Bonchev–Trinajstić information content (AvgIpc) is 2.96. The van der Waals surface area contributed by atoms with Crippen molar-refractivity contribution in [3.8, 4) is 11.3 Å². The molecule has 1 aromatic heterocycles. The summed E-state index contributed by atoms with van der Waals surface area (Å²) in [6, 6.07) is 14.1. The zero-order valence-electron chi connectivity index (χ0n) is 14.1. The number of nitrogens with zero attached hydrogens (tertiary/aromatic N) is 2. The molecule has 5 nitrogen and oxygen atoms in total. The van der Waals surface area contributed by atoms with Crippen molar-refractivity contribution in [2.75, 3.05) is 4.90 Å². The van der Waals surface area contributed by atoms with Crippen molar-refractivity contribution in [1.29, 1.82) is 0 Å². The maximum Gasteiger partial charge on any atom is 0.412 e. The van der Waals surface area contributed by atoms with Gasteiger partial charge in [-0.2, -0.15) is 0 Å². The molecule has 0 aliphatic heterocycles. The van der Waals surface area contributed by atoms with Gasteiger partial charge in [-0.25, -0.2) is 4.79 Å². The van der Waals surface area contributed by atoms with Gasteiger partial charge in [0.15, 0.2) is 5.76 Å². The van der Waals surface area contributed by atoms with Gasteiger partial charge in [0.2, 0.25) is 0 Å². The van der Waals surface area contributed by atoms with Gasteiger partial charge in [0, 0.05) is 15.1 Å². The Morgan fingerprint density at radius 2 is 2.00 bits per heavy atom. The number of hydrogen-bond donors (Lipinski definition) is 1. The first-order valence-corrected chi connectivity index (χ1v) is 9.06. The Bertz CT molecular complexity index is 957. The van der Waals surface area contributed by atoms with E-state index in [1.165, 1.54) is 4.90 Å². The summed E-state index contributed by atoms with van der Waals surface area (Å²) in [7, 11) is 0. The highest BCUT2D eigenvalue weighted by Gasteiger charge is 2.31. The molecule has 7 heteroatoms. The third kappa shape index (κ3) is 3.48. The summed E-state index contributed by atoms with van der Waals surface area (Å²) >= 11 is 9.71. The Kier molecular flexibility index (Phi) is 5.34. The summed E-state index contributed by atoms with van der Waals surface area (Å²) in [6.45, 7) is 3.48. The maximum atomic E-state index is 12.1. The summed E-state index contributed by atoms with van der Waals surface area (Å²) in [6.07, 6.45) is -1.11. The van der Waals surface area contributed by atoms with E-state index in [1.54, 1.807) is 26.0 Å². The molecule has 134 valence electrons. The number of aromatic nitrogens is 1. The highest BCUT2D eigenvalue weighted by molar-refractivity contribution is 9.10. The largest absolute Gasteiger partial charge is 0.465 e. The zero-order valence-corrected chi connectivity index (χ0v) is 16.5. The summed E-state index contributed by atoms with van der Waals surface area (Å²) in [4.78, 5) is 13.4. The molecule has 1 unspecified atom stereocenters. The van der Waals surface area contributed by atoms with Gasteiger partial charge >= 0.3 is 6.09 Å². The predicted octanol–water partition coefficient (Wildman–Crippen LogP) is 6.31. The van der Waals surface area contributed by atoms with Crippen molar-refractivity contribution in [1.82, 2.24) is 5.16 Å². The summed E-state index contributed by atoms with van der Waals surface area (Å²) in [5.41, 5.74) is 2.33. The van der Waals surface area contributed by atoms with Crippen LogP contribution in [-0.2, 0) is 0 Å². The van der Waals surface area contributed by atoms with Gasteiger partial charge in [0.25, 0.3) is 0 Å². The van der Waals surface area contributed by atoms with E-state index in [2.05, 4.69) is 21.1 Å². The minimum absolute atomic E-state index is 0.406. The van der Waals surface area contributed by atoms with E-state index in [4.69, 9.17) is 16.1 Å². The number of carbonyl (C=O) groups is 1. The second-order valence-corrected chi connectivity index (χ2v) is 7.12. The van der Waals surface area contributed by atoms with Crippen LogP contribution < -0.4 is 4.90 Å². The van der Waals surface area contributed by atoms with Gasteiger partial charge in [-0.15, -0.1) is 0 Å². The smallest absolute Gasteiger partial charge is 0.412 e. The van der Waals surface area contributed by atoms with Crippen LogP contribution in [0, 0.1) is 6.92 Å². The number of halogens is 2. The summed E-state index contributed by atoms with van der Waals surface area (Å²) in [5, 5.41) is 14.5. The van der Waals surface area contributed by atoms with Crippen LogP contribution >= 0.6 is 27.5 Å². The number of rotatable bonds is 4. The van der Waals surface area contributed by atoms with Gasteiger partial charge in [-0.05, 0) is 37.6 Å². The molecule has 0 radical (unpaired) electrons. The van der Waals surface area contributed by atoms with Crippen LogP contribution in [0.3, 0.4) is 0 Å². The van der Waals surface area contributed by atoms with E-state index < -0.39 is 12.1 Å². The average molecular weight is 436 g/mol. The minimum atomic E-state index is -1.11. The van der Waals surface area contributed by atoms with E-state index in [0.29, 0.717) is 27.7 Å². The van der Waals surface area contributed by atoms with Crippen LogP contribution in [0.2, 0.25) is 5.02 Å². The highest BCUT2D eigenvalue weighted by atomic mass is 79.9. The van der Waals surface area contributed by atoms with Crippen molar-refractivity contribution in [3.63, 3.8) is 0 Å². The lowest BCUT2D eigenvalue weighted by Crippen LogP contribution is -2.33. The summed E-state index contributed by atoms with van der Waals surface area (Å²) in [5.74, 6) is 0.418. The lowest BCUT2D eigenvalue weighted by atomic mass is 10.0. The monoisotopic (exact) mass is 434 g/mol. The van der Waals surface area contributed by atoms with Gasteiger partial charge in [-0.3, -0.25) is 4.90 Å². The Balaban J connectivity index is 2.14. The van der Waals surface area contributed by atoms with Crippen LogP contribution in [0.25, 0.3) is 11.3 Å². The van der Waals surface area contributed by atoms with Gasteiger partial charge < -0.3 is 9.63 Å². The number of hydrogen-bond acceptors (Lipinski definition) is 3. The van der Waals surface area contributed by atoms with Gasteiger partial charge in [0.05, 0.1) is 6.04 Å². The first-order valence-electron chi connectivity index (χ1n) is 7.89. The van der Waals surface area contributed by atoms with Gasteiger partial charge in [0.1, 0.15) is 11.4 Å². The number of aryl methyl sites for hydroxylation is 1. The highest BCUT2D eigenvalue weighted by Crippen LogP contribution is 2.39. The number of anilines is 1. The predicted molar refractivity (Wildman–Crippen MR) is 105 cm³/mol. The molecule has 0 saturated heterocycles. The molecular formula is C19H16BrClN2O3. The Labute approximate surface area is 164 Å². The molecule has 0 aliphatic carbocycles. The fourth-order valence-corrected chi connectivity index (χ4v) is 3.58. The first kappa shape index (κ1) is 18.5. The van der Waals surface area contributed by atoms with E-state index in [9.17, 15) is 9.90 Å². The molecule has 2 aromatic carbocycles. The second-order valence-electron chi connectivity index (χ2n) is 5.80. The quantitative estimate of drug-likeness (QED) is 0.521. The molecule has 3 rings (SSSR count). The normalized spacial score (nSPS) is 12.0. The maximum absolute atomic E-state index is 12.1. The van der Waals surface area contributed by atoms with Crippen molar-refractivity contribution in [2.45, 2.75) is 19.9 Å². The lowest BCUT2D eigenvalue weighted by Gasteiger charge is -2.27. The molecule has 3 aromatic rings. The Hall–Kier alpha value is -2.31. The SMILES string of the molecule is Cc1onc(-c2cccc(Br)c2)c1N(C(=O)O)C(C)c1ccccc1Cl. The molecule has 0 bridgehead atoms. The van der Waals surface area contributed by atoms with E-state index in [0.717, 1.165) is 10.0 Å². The Morgan fingerprint density at radius 3 is 2.65 bits per heavy atom. The molecule has 0 aliphatic rings. The molecule has 0 saturated carbocycles. The lowest BCUT2D eigenvalue weighted by molar-refractivity contribution is 0.199. The van der Waals surface area contributed by atoms with Crippen LogP contribution in [0.4, 0.5) is 10.5 Å². The third-order valence-corrected chi connectivity index (χ3v) is 4.96. The van der Waals surface area contributed by atoms with Crippen molar-refractivity contribution in [2.24, 2.45) is 0 Å². The molecular weight excluding hydrogens is 420 g/mol. The van der Waals surface area contributed by atoms with E-state index in [1.807, 2.05) is 36.4 Å². The minimum Gasteiger partial charge on any atom is -0.465 e. The van der Waals surface area contributed by atoms with Crippen molar-refractivity contribution in [3.05, 3.63) is 69.3 Å². The third-order valence-electron chi connectivity index (χ3n) is 4.12. The topological polar surface area (TPSA) is 66.6 Å². The second kappa shape index (κ2) is 7.51. The molecule has 1 amide bonds. The molecule has 1 heterocycles. The molecule has 26 heavy (non-hydrogen) atoms. The van der Waals surface area contributed by atoms with Crippen LogP contribution in [0.5, 0.6) is 0 Å². The van der Waals surface area contributed by atoms with Crippen molar-refractivity contribution < 1.29 is 14.4 Å². The molecule has 0 fully saturated rings. The van der Waals surface area contributed by atoms with Gasteiger partial charge in [-0.1, -0.05) is 63.0 Å². The fraction of sp³-hybridized carbons (Fsp3) is 0.158. The molecule has 1 atom stereocenters. The fourth-order valence-electron chi connectivity index (χ4n) is 2.88. The van der Waals surface area contributed by atoms with Crippen molar-refractivity contribution >= 4 is 39.3 Å². The van der Waals surface area contributed by atoms with Crippen LogP contribution in [0.1, 0.15) is 24.3 Å². The molecule has 1 N–H and O–H groups in total. The molecule has 0 spiro atoms. The summed E-state index contributed by atoms with van der Waals surface area (Å²) < 4.78 is 6.20. The Morgan fingerprint density at radius 1 is 1.27 bits per heavy atom. The standard InChI is InChI=1S/C19H16BrClN2O3/c1-11(15-8-3-4-9-16(15)21)23(19(24)25)18-12(2)26-22-17(18)13-6-5-7-14(20)10-13/h3-11H,1-2H3,(H,24,25).